The lowest BCUT2D eigenvalue weighted by atomic mass is 10.1. The highest BCUT2D eigenvalue weighted by molar-refractivity contribution is 5.91. The molecule has 4 aromatic rings. The maximum Gasteiger partial charge on any atom is 0.186 e. The van der Waals surface area contributed by atoms with Crippen LogP contribution < -0.4 is 0 Å². The summed E-state index contributed by atoms with van der Waals surface area (Å²) in [6.07, 6.45) is 0. The molecule has 0 atom stereocenters. The summed E-state index contributed by atoms with van der Waals surface area (Å²) < 4.78 is 5.99. The van der Waals surface area contributed by atoms with E-state index >= 15 is 0 Å². The third-order valence-corrected chi connectivity index (χ3v) is 4.09. The van der Waals surface area contributed by atoms with Crippen LogP contribution in [0.2, 0.25) is 0 Å². The summed E-state index contributed by atoms with van der Waals surface area (Å²) >= 11 is 0. The molecule has 122 valence electrons. The van der Waals surface area contributed by atoms with E-state index in [9.17, 15) is 0 Å². The highest BCUT2D eigenvalue weighted by Gasteiger charge is 2.09. The fourth-order valence-electron chi connectivity index (χ4n) is 2.69. The molecule has 0 amide bonds. The van der Waals surface area contributed by atoms with E-state index < -0.39 is 0 Å². The van der Waals surface area contributed by atoms with Gasteiger partial charge < -0.3 is 4.42 Å². The van der Waals surface area contributed by atoms with Crippen molar-refractivity contribution >= 4 is 10.8 Å². The molecule has 1 heterocycles. The molecule has 0 bridgehead atoms. The van der Waals surface area contributed by atoms with Crippen LogP contribution in [0.3, 0.4) is 0 Å². The van der Waals surface area contributed by atoms with E-state index in [1.54, 1.807) is 0 Å². The summed E-state index contributed by atoms with van der Waals surface area (Å²) in [4.78, 5) is 0. The van der Waals surface area contributed by atoms with Crippen molar-refractivity contribution < 1.29 is 4.42 Å². The highest BCUT2D eigenvalue weighted by Crippen LogP contribution is 2.25. The van der Waals surface area contributed by atoms with Crippen LogP contribution in [0.25, 0.3) is 10.8 Å². The van der Waals surface area contributed by atoms with Crippen molar-refractivity contribution in [3.8, 4) is 23.7 Å². The van der Waals surface area contributed by atoms with Gasteiger partial charge in [0.2, 0.25) is 0 Å². The Balaban J connectivity index is 1.75. The maximum absolute atomic E-state index is 5.99. The topological polar surface area (TPSA) is 13.1 Å². The van der Waals surface area contributed by atoms with E-state index in [0.29, 0.717) is 11.5 Å². The third-order valence-electron chi connectivity index (χ3n) is 4.09. The van der Waals surface area contributed by atoms with E-state index in [1.165, 1.54) is 5.56 Å². The minimum atomic E-state index is 0.651. The maximum atomic E-state index is 5.99. The van der Waals surface area contributed by atoms with E-state index in [0.717, 1.165) is 21.9 Å². The standard InChI is InChI=1S/C25H16O/c1-19-11-13-21(14-12-19)16-18-25-23-10-6-5-9-22(23)24(26-25)17-15-20-7-3-2-4-8-20/h2-14H,1H3. The van der Waals surface area contributed by atoms with Gasteiger partial charge in [0.1, 0.15) is 0 Å². The van der Waals surface area contributed by atoms with Gasteiger partial charge in [0.05, 0.1) is 0 Å². The molecule has 0 saturated carbocycles. The number of benzene rings is 3. The summed E-state index contributed by atoms with van der Waals surface area (Å²) in [5.74, 6) is 13.9. The molecule has 0 aliphatic rings. The number of hydrogen-bond acceptors (Lipinski definition) is 1. The molecule has 0 N–H and O–H groups in total. The van der Waals surface area contributed by atoms with Crippen molar-refractivity contribution in [2.24, 2.45) is 0 Å². The first kappa shape index (κ1) is 15.8. The van der Waals surface area contributed by atoms with E-state index in [2.05, 4.69) is 42.7 Å². The Morgan fingerprint density at radius 1 is 0.538 bits per heavy atom. The summed E-state index contributed by atoms with van der Waals surface area (Å²) in [7, 11) is 0. The summed E-state index contributed by atoms with van der Waals surface area (Å²) in [6.45, 7) is 2.06. The van der Waals surface area contributed by atoms with Crippen LogP contribution in [-0.4, -0.2) is 0 Å². The number of furan rings is 1. The molecule has 0 aliphatic heterocycles. The molecule has 1 aromatic heterocycles. The minimum absolute atomic E-state index is 0.651. The minimum Gasteiger partial charge on any atom is -0.438 e. The molecule has 1 heteroatoms. The molecule has 4 rings (SSSR count). The first-order chi connectivity index (χ1) is 12.8. The van der Waals surface area contributed by atoms with Crippen LogP contribution in [0.5, 0.6) is 0 Å². The second-order valence-corrected chi connectivity index (χ2v) is 6.04. The first-order valence-electron chi connectivity index (χ1n) is 8.47. The summed E-state index contributed by atoms with van der Waals surface area (Å²) in [5, 5.41) is 1.98. The van der Waals surface area contributed by atoms with Gasteiger partial charge in [-0.15, -0.1) is 0 Å². The lowest BCUT2D eigenvalue weighted by molar-refractivity contribution is 0.547. The number of rotatable bonds is 0. The normalized spacial score (nSPS) is 9.88. The molecule has 0 fully saturated rings. The Hall–Kier alpha value is -3.68. The number of fused-ring (bicyclic) bond motifs is 1. The lowest BCUT2D eigenvalue weighted by Crippen LogP contribution is -1.76. The predicted molar refractivity (Wildman–Crippen MR) is 106 cm³/mol. The molecule has 0 saturated heterocycles. The zero-order valence-electron chi connectivity index (χ0n) is 14.4. The molecule has 0 aliphatic carbocycles. The van der Waals surface area contributed by atoms with Gasteiger partial charge in [0.15, 0.2) is 11.5 Å². The van der Waals surface area contributed by atoms with Crippen LogP contribution >= 0.6 is 0 Å². The van der Waals surface area contributed by atoms with Gasteiger partial charge >= 0.3 is 0 Å². The van der Waals surface area contributed by atoms with Crippen molar-refractivity contribution in [2.75, 3.05) is 0 Å². The molecule has 3 aromatic carbocycles. The van der Waals surface area contributed by atoms with Crippen molar-refractivity contribution in [3.63, 3.8) is 0 Å². The summed E-state index contributed by atoms with van der Waals surface area (Å²) in [6, 6.07) is 26.1. The van der Waals surface area contributed by atoms with E-state index in [4.69, 9.17) is 4.42 Å². The van der Waals surface area contributed by atoms with Gasteiger partial charge in [-0.25, -0.2) is 0 Å². The molecule has 0 radical (unpaired) electrons. The fourth-order valence-corrected chi connectivity index (χ4v) is 2.69. The first-order valence-corrected chi connectivity index (χ1v) is 8.47. The largest absolute Gasteiger partial charge is 0.438 e. The molecular formula is C25H16O. The van der Waals surface area contributed by atoms with Crippen molar-refractivity contribution in [3.05, 3.63) is 107 Å². The second kappa shape index (κ2) is 7.06. The van der Waals surface area contributed by atoms with Crippen LogP contribution in [0.4, 0.5) is 0 Å². The lowest BCUT2D eigenvalue weighted by Gasteiger charge is -1.91. The molecule has 0 unspecified atom stereocenters. The van der Waals surface area contributed by atoms with Gasteiger partial charge in [0.25, 0.3) is 0 Å². The zero-order valence-corrected chi connectivity index (χ0v) is 14.4. The van der Waals surface area contributed by atoms with Crippen LogP contribution in [0, 0.1) is 30.6 Å². The Morgan fingerprint density at radius 3 is 1.62 bits per heavy atom. The van der Waals surface area contributed by atoms with Gasteiger partial charge in [-0.1, -0.05) is 59.9 Å². The van der Waals surface area contributed by atoms with Crippen LogP contribution in [0.15, 0.2) is 83.3 Å². The fraction of sp³-hybridized carbons (Fsp3) is 0.0400. The quantitative estimate of drug-likeness (QED) is 0.385. The third kappa shape index (κ3) is 3.39. The van der Waals surface area contributed by atoms with Crippen molar-refractivity contribution in [1.82, 2.24) is 0 Å². The Labute approximate surface area is 153 Å². The second-order valence-electron chi connectivity index (χ2n) is 6.04. The smallest absolute Gasteiger partial charge is 0.186 e. The Bertz CT molecular complexity index is 1170. The average molecular weight is 332 g/mol. The van der Waals surface area contributed by atoms with Gasteiger partial charge in [-0.3, -0.25) is 0 Å². The predicted octanol–water partition coefficient (Wildman–Crippen LogP) is 5.54. The Morgan fingerprint density at radius 2 is 1.04 bits per heavy atom. The SMILES string of the molecule is Cc1ccc(C#Cc2oc(C#Cc3ccccc3)c3ccccc23)cc1. The molecule has 26 heavy (non-hydrogen) atoms. The van der Waals surface area contributed by atoms with Crippen LogP contribution in [-0.2, 0) is 0 Å². The van der Waals surface area contributed by atoms with Crippen molar-refractivity contribution in [2.45, 2.75) is 6.92 Å². The van der Waals surface area contributed by atoms with Crippen molar-refractivity contribution in [1.29, 1.82) is 0 Å². The zero-order chi connectivity index (χ0) is 17.8. The van der Waals surface area contributed by atoms with Crippen LogP contribution in [0.1, 0.15) is 28.2 Å². The molecule has 1 nitrogen and oxygen atoms in total. The Kier molecular flexibility index (Phi) is 4.29. The van der Waals surface area contributed by atoms with Gasteiger partial charge in [-0.2, -0.15) is 0 Å². The average Bonchev–Trinajstić information content (AvgIpc) is 3.05. The molecular weight excluding hydrogens is 316 g/mol. The van der Waals surface area contributed by atoms with E-state index in [-0.39, 0.29) is 0 Å². The monoisotopic (exact) mass is 332 g/mol. The summed E-state index contributed by atoms with van der Waals surface area (Å²) in [5.41, 5.74) is 3.14. The highest BCUT2D eigenvalue weighted by atomic mass is 16.3. The van der Waals surface area contributed by atoms with Gasteiger partial charge in [-0.05, 0) is 55.2 Å². The van der Waals surface area contributed by atoms with E-state index in [1.807, 2.05) is 66.7 Å². The number of aryl methyl sites for hydroxylation is 1. The molecule has 0 spiro atoms. The van der Waals surface area contributed by atoms with Gasteiger partial charge in [0, 0.05) is 21.9 Å². The number of hydrogen-bond donors (Lipinski definition) is 0.